The highest BCUT2D eigenvalue weighted by atomic mass is 32.2. The molecular formula is C9H18O3S2. The first-order valence-corrected chi connectivity index (χ1v) is 6.90. The number of hydrogen-bond donors (Lipinski definition) is 3. The van der Waals surface area contributed by atoms with E-state index >= 15 is 0 Å². The van der Waals surface area contributed by atoms with E-state index in [-0.39, 0.29) is 17.6 Å². The van der Waals surface area contributed by atoms with Gasteiger partial charge in [0.2, 0.25) is 0 Å². The molecule has 84 valence electrons. The van der Waals surface area contributed by atoms with Gasteiger partial charge < -0.3 is 15.3 Å². The van der Waals surface area contributed by atoms with Crippen molar-refractivity contribution in [1.29, 1.82) is 0 Å². The van der Waals surface area contributed by atoms with Crippen LogP contribution in [0.4, 0.5) is 0 Å². The fourth-order valence-corrected chi connectivity index (χ4v) is 4.59. The van der Waals surface area contributed by atoms with Crippen molar-refractivity contribution in [2.45, 2.75) is 36.1 Å². The van der Waals surface area contributed by atoms with Crippen LogP contribution >= 0.6 is 23.5 Å². The fourth-order valence-electron chi connectivity index (χ4n) is 1.48. The van der Waals surface area contributed by atoms with Crippen LogP contribution in [0.1, 0.15) is 19.8 Å². The van der Waals surface area contributed by atoms with E-state index < -0.39 is 11.7 Å². The summed E-state index contributed by atoms with van der Waals surface area (Å²) in [7, 11) is 0. The molecule has 2 atom stereocenters. The molecule has 0 amide bonds. The predicted molar refractivity (Wildman–Crippen MR) is 61.7 cm³/mol. The molecule has 1 fully saturated rings. The lowest BCUT2D eigenvalue weighted by Gasteiger charge is -2.35. The third kappa shape index (κ3) is 3.62. The summed E-state index contributed by atoms with van der Waals surface area (Å²) in [6.07, 6.45) is 0.617. The third-order valence-electron chi connectivity index (χ3n) is 2.19. The van der Waals surface area contributed by atoms with E-state index in [0.29, 0.717) is 0 Å². The highest BCUT2D eigenvalue weighted by Crippen LogP contribution is 2.39. The van der Waals surface area contributed by atoms with Crippen LogP contribution in [0.15, 0.2) is 0 Å². The minimum absolute atomic E-state index is 0.123. The molecule has 1 heterocycles. The molecule has 1 saturated heterocycles. The van der Waals surface area contributed by atoms with Gasteiger partial charge >= 0.3 is 0 Å². The SMILES string of the molecule is C[C@](O)(C[C@@H](O)CO)C1SCCCS1. The molecule has 0 saturated carbocycles. The second kappa shape index (κ2) is 5.61. The van der Waals surface area contributed by atoms with Crippen molar-refractivity contribution in [3.63, 3.8) is 0 Å². The molecule has 0 bridgehead atoms. The number of aliphatic hydroxyl groups excluding tert-OH is 2. The van der Waals surface area contributed by atoms with Gasteiger partial charge in [-0.3, -0.25) is 0 Å². The highest BCUT2D eigenvalue weighted by Gasteiger charge is 2.35. The minimum Gasteiger partial charge on any atom is -0.394 e. The Bertz CT molecular complexity index is 169. The molecule has 1 aliphatic heterocycles. The van der Waals surface area contributed by atoms with Gasteiger partial charge in [0.1, 0.15) is 0 Å². The molecule has 0 aliphatic carbocycles. The largest absolute Gasteiger partial charge is 0.394 e. The van der Waals surface area contributed by atoms with Gasteiger partial charge in [-0.2, -0.15) is 0 Å². The summed E-state index contributed by atoms with van der Waals surface area (Å²) in [5.41, 5.74) is -0.891. The zero-order valence-electron chi connectivity index (χ0n) is 8.35. The zero-order valence-corrected chi connectivity index (χ0v) is 9.98. The van der Waals surface area contributed by atoms with Crippen molar-refractivity contribution in [1.82, 2.24) is 0 Å². The summed E-state index contributed by atoms with van der Waals surface area (Å²) < 4.78 is 0.123. The lowest BCUT2D eigenvalue weighted by molar-refractivity contribution is -0.00418. The second-order valence-corrected chi connectivity index (χ2v) is 6.55. The summed E-state index contributed by atoms with van der Waals surface area (Å²) >= 11 is 3.49. The van der Waals surface area contributed by atoms with Crippen LogP contribution < -0.4 is 0 Å². The molecule has 0 aromatic carbocycles. The summed E-state index contributed by atoms with van der Waals surface area (Å²) in [6, 6.07) is 0. The van der Waals surface area contributed by atoms with Crippen LogP contribution in [0, 0.1) is 0 Å². The van der Waals surface area contributed by atoms with E-state index in [2.05, 4.69) is 0 Å². The van der Waals surface area contributed by atoms with Gasteiger partial charge in [0.25, 0.3) is 0 Å². The fraction of sp³-hybridized carbons (Fsp3) is 1.00. The Morgan fingerprint density at radius 2 is 2.00 bits per heavy atom. The Morgan fingerprint density at radius 1 is 1.43 bits per heavy atom. The average Bonchev–Trinajstić information content (AvgIpc) is 2.18. The van der Waals surface area contributed by atoms with Gasteiger partial charge in [0.15, 0.2) is 0 Å². The second-order valence-electron chi connectivity index (χ2n) is 3.82. The minimum atomic E-state index is -0.891. The van der Waals surface area contributed by atoms with Crippen LogP contribution in [-0.4, -0.2) is 49.7 Å². The maximum atomic E-state index is 10.1. The lowest BCUT2D eigenvalue weighted by Crippen LogP contribution is -2.40. The summed E-state index contributed by atoms with van der Waals surface area (Å²) in [5, 5.41) is 28.1. The number of thioether (sulfide) groups is 2. The summed E-state index contributed by atoms with van der Waals surface area (Å²) in [4.78, 5) is 0. The maximum absolute atomic E-state index is 10.1. The molecule has 3 nitrogen and oxygen atoms in total. The molecule has 0 aromatic heterocycles. The van der Waals surface area contributed by atoms with Crippen molar-refractivity contribution in [3.8, 4) is 0 Å². The summed E-state index contributed by atoms with van der Waals surface area (Å²) in [6.45, 7) is 1.46. The molecule has 0 unspecified atom stereocenters. The average molecular weight is 238 g/mol. The normalized spacial score (nSPS) is 25.7. The maximum Gasteiger partial charge on any atom is 0.0854 e. The van der Waals surface area contributed by atoms with Crippen LogP contribution in [0.25, 0.3) is 0 Å². The van der Waals surface area contributed by atoms with Gasteiger partial charge in [-0.05, 0) is 24.9 Å². The van der Waals surface area contributed by atoms with Crippen LogP contribution in [0.5, 0.6) is 0 Å². The molecule has 14 heavy (non-hydrogen) atoms. The van der Waals surface area contributed by atoms with Crippen molar-refractivity contribution in [3.05, 3.63) is 0 Å². The van der Waals surface area contributed by atoms with Crippen molar-refractivity contribution in [2.75, 3.05) is 18.1 Å². The van der Waals surface area contributed by atoms with Crippen LogP contribution in [0.2, 0.25) is 0 Å². The first-order valence-electron chi connectivity index (χ1n) is 4.81. The van der Waals surface area contributed by atoms with Crippen molar-refractivity contribution < 1.29 is 15.3 Å². The number of rotatable bonds is 4. The lowest BCUT2D eigenvalue weighted by atomic mass is 10.0. The van der Waals surface area contributed by atoms with E-state index in [9.17, 15) is 10.2 Å². The third-order valence-corrected chi connectivity index (χ3v) is 5.68. The number of hydrogen-bond acceptors (Lipinski definition) is 5. The number of aliphatic hydroxyl groups is 3. The standard InChI is InChI=1S/C9H18O3S2/c1-9(12,5-7(11)6-10)8-13-3-2-4-14-8/h7-8,10-12H,2-6H2,1H3/t7-,9+/m1/s1. The quantitative estimate of drug-likeness (QED) is 0.672. The molecule has 1 aliphatic rings. The first-order chi connectivity index (χ1) is 6.56. The van der Waals surface area contributed by atoms with Gasteiger partial charge in [-0.15, -0.1) is 23.5 Å². The Labute approximate surface area is 93.3 Å². The Kier molecular flexibility index (Phi) is 5.06. The monoisotopic (exact) mass is 238 g/mol. The van der Waals surface area contributed by atoms with Gasteiger partial charge in [0, 0.05) is 6.42 Å². The van der Waals surface area contributed by atoms with Crippen molar-refractivity contribution in [2.24, 2.45) is 0 Å². The molecular weight excluding hydrogens is 220 g/mol. The molecule has 0 aromatic rings. The van der Waals surface area contributed by atoms with Crippen LogP contribution in [0.3, 0.4) is 0 Å². The van der Waals surface area contributed by atoms with Crippen LogP contribution in [-0.2, 0) is 0 Å². The highest BCUT2D eigenvalue weighted by molar-refractivity contribution is 8.17. The first kappa shape index (κ1) is 12.6. The van der Waals surface area contributed by atoms with Crippen molar-refractivity contribution >= 4 is 23.5 Å². The molecule has 1 rings (SSSR count). The van der Waals surface area contributed by atoms with Gasteiger partial charge in [-0.1, -0.05) is 0 Å². The van der Waals surface area contributed by atoms with E-state index in [1.165, 1.54) is 6.42 Å². The Hall–Kier alpha value is 0.580. The predicted octanol–water partition coefficient (Wildman–Crippen LogP) is 0.677. The summed E-state index contributed by atoms with van der Waals surface area (Å²) in [5.74, 6) is 2.14. The smallest absolute Gasteiger partial charge is 0.0854 e. The molecule has 3 N–H and O–H groups in total. The van der Waals surface area contributed by atoms with Gasteiger partial charge in [-0.25, -0.2) is 0 Å². The topological polar surface area (TPSA) is 60.7 Å². The molecule has 5 heteroatoms. The Morgan fingerprint density at radius 3 is 2.50 bits per heavy atom. The van der Waals surface area contributed by atoms with E-state index in [1.54, 1.807) is 30.4 Å². The van der Waals surface area contributed by atoms with Gasteiger partial charge in [0.05, 0.1) is 22.9 Å². The van der Waals surface area contributed by atoms with E-state index in [4.69, 9.17) is 5.11 Å². The Balaban J connectivity index is 2.45. The molecule has 0 spiro atoms. The zero-order chi connectivity index (χ0) is 10.6. The van der Waals surface area contributed by atoms with E-state index in [0.717, 1.165) is 11.5 Å². The van der Waals surface area contributed by atoms with E-state index in [1.807, 2.05) is 0 Å². The molecule has 0 radical (unpaired) electrons.